The van der Waals surface area contributed by atoms with Crippen LogP contribution in [0.1, 0.15) is 19.4 Å². The quantitative estimate of drug-likeness (QED) is 0.783. The molecule has 0 bridgehead atoms. The third kappa shape index (κ3) is 3.22. The van der Waals surface area contributed by atoms with Gasteiger partial charge in [-0.05, 0) is 17.7 Å². The van der Waals surface area contributed by atoms with Crippen molar-refractivity contribution < 1.29 is 5.11 Å². The number of hydrogen-bond acceptors (Lipinski definition) is 2. The summed E-state index contributed by atoms with van der Waals surface area (Å²) in [4.78, 5) is 1.15. The van der Waals surface area contributed by atoms with E-state index >= 15 is 0 Å². The van der Waals surface area contributed by atoms with E-state index in [0.29, 0.717) is 10.3 Å². The first-order chi connectivity index (χ1) is 6.13. The first kappa shape index (κ1) is 10.9. The molecule has 0 heterocycles. The Morgan fingerprint density at radius 3 is 2.62 bits per heavy atom. The van der Waals surface area contributed by atoms with Crippen molar-refractivity contribution in [1.82, 2.24) is 0 Å². The van der Waals surface area contributed by atoms with Crippen LogP contribution in [0.5, 0.6) is 0 Å². The third-order valence-corrected chi connectivity index (χ3v) is 2.92. The normalized spacial score (nSPS) is 10.8. The van der Waals surface area contributed by atoms with Crippen LogP contribution in [0.25, 0.3) is 0 Å². The summed E-state index contributed by atoms with van der Waals surface area (Å²) in [6.45, 7) is 4.28. The molecule has 0 aliphatic carbocycles. The van der Waals surface area contributed by atoms with E-state index in [1.807, 2.05) is 18.2 Å². The number of aliphatic hydroxyl groups is 1. The Morgan fingerprint density at radius 1 is 1.46 bits per heavy atom. The van der Waals surface area contributed by atoms with Gasteiger partial charge in [0, 0.05) is 15.2 Å². The molecule has 1 aromatic rings. The SMILES string of the molecule is CC(C)Sc1ccc(CO)c(Cl)c1. The summed E-state index contributed by atoms with van der Waals surface area (Å²) >= 11 is 7.71. The van der Waals surface area contributed by atoms with Gasteiger partial charge in [-0.1, -0.05) is 31.5 Å². The van der Waals surface area contributed by atoms with Gasteiger partial charge in [0.2, 0.25) is 0 Å². The van der Waals surface area contributed by atoms with Crippen LogP contribution >= 0.6 is 23.4 Å². The fourth-order valence-electron chi connectivity index (χ4n) is 1.00. The Morgan fingerprint density at radius 2 is 2.15 bits per heavy atom. The summed E-state index contributed by atoms with van der Waals surface area (Å²) < 4.78 is 0. The van der Waals surface area contributed by atoms with Gasteiger partial charge in [-0.25, -0.2) is 0 Å². The molecular formula is C10H13ClOS. The van der Waals surface area contributed by atoms with Gasteiger partial charge < -0.3 is 5.11 Å². The van der Waals surface area contributed by atoms with Crippen LogP contribution < -0.4 is 0 Å². The summed E-state index contributed by atoms with van der Waals surface area (Å²) in [5.41, 5.74) is 0.787. The van der Waals surface area contributed by atoms with Crippen LogP contribution in [0.15, 0.2) is 23.1 Å². The van der Waals surface area contributed by atoms with E-state index in [4.69, 9.17) is 16.7 Å². The average molecular weight is 217 g/mol. The molecule has 0 aliphatic rings. The lowest BCUT2D eigenvalue weighted by Gasteiger charge is -2.06. The molecule has 0 fully saturated rings. The molecule has 13 heavy (non-hydrogen) atoms. The Bertz CT molecular complexity index is 286. The molecule has 0 aromatic heterocycles. The molecule has 0 amide bonds. The largest absolute Gasteiger partial charge is 0.392 e. The molecule has 1 aromatic carbocycles. The van der Waals surface area contributed by atoms with E-state index in [0.717, 1.165) is 10.5 Å². The summed E-state index contributed by atoms with van der Waals surface area (Å²) in [7, 11) is 0. The second kappa shape index (κ2) is 4.89. The number of benzene rings is 1. The van der Waals surface area contributed by atoms with E-state index < -0.39 is 0 Å². The van der Waals surface area contributed by atoms with Gasteiger partial charge in [0.1, 0.15) is 0 Å². The van der Waals surface area contributed by atoms with Gasteiger partial charge in [0.15, 0.2) is 0 Å². The molecule has 72 valence electrons. The zero-order valence-corrected chi connectivity index (χ0v) is 9.32. The Kier molecular flexibility index (Phi) is 4.10. The minimum atomic E-state index is 0.00542. The van der Waals surface area contributed by atoms with Gasteiger partial charge in [0.05, 0.1) is 6.61 Å². The number of hydrogen-bond donors (Lipinski definition) is 1. The van der Waals surface area contributed by atoms with Crippen LogP contribution in [0.4, 0.5) is 0 Å². The van der Waals surface area contributed by atoms with E-state index in [2.05, 4.69) is 13.8 Å². The maximum Gasteiger partial charge on any atom is 0.0696 e. The lowest BCUT2D eigenvalue weighted by molar-refractivity contribution is 0.282. The van der Waals surface area contributed by atoms with Crippen molar-refractivity contribution in [2.45, 2.75) is 30.6 Å². The molecule has 0 atom stereocenters. The second-order valence-corrected chi connectivity index (χ2v) is 5.14. The minimum absolute atomic E-state index is 0.00542. The van der Waals surface area contributed by atoms with Gasteiger partial charge in [-0.3, -0.25) is 0 Å². The van der Waals surface area contributed by atoms with Crippen LogP contribution in [0, 0.1) is 0 Å². The third-order valence-electron chi connectivity index (χ3n) is 1.57. The highest BCUT2D eigenvalue weighted by molar-refractivity contribution is 7.99. The first-order valence-corrected chi connectivity index (χ1v) is 5.45. The monoisotopic (exact) mass is 216 g/mol. The summed E-state index contributed by atoms with van der Waals surface area (Å²) in [5, 5.41) is 10.1. The molecule has 1 nitrogen and oxygen atoms in total. The lowest BCUT2D eigenvalue weighted by atomic mass is 10.2. The van der Waals surface area contributed by atoms with E-state index in [-0.39, 0.29) is 6.61 Å². The maximum absolute atomic E-state index is 8.90. The summed E-state index contributed by atoms with van der Waals surface area (Å²) in [6, 6.07) is 5.76. The predicted molar refractivity (Wildman–Crippen MR) is 58.4 cm³/mol. The molecule has 1 N–H and O–H groups in total. The molecule has 0 aliphatic heterocycles. The van der Waals surface area contributed by atoms with E-state index in [9.17, 15) is 0 Å². The number of halogens is 1. The van der Waals surface area contributed by atoms with Gasteiger partial charge in [0.25, 0.3) is 0 Å². The lowest BCUT2D eigenvalue weighted by Crippen LogP contribution is -1.88. The van der Waals surface area contributed by atoms with Crippen LogP contribution in [-0.2, 0) is 6.61 Å². The fraction of sp³-hybridized carbons (Fsp3) is 0.400. The molecule has 0 spiro atoms. The number of aliphatic hydroxyl groups excluding tert-OH is 1. The number of thioether (sulfide) groups is 1. The van der Waals surface area contributed by atoms with Crippen molar-refractivity contribution in [2.24, 2.45) is 0 Å². The van der Waals surface area contributed by atoms with E-state index in [1.165, 1.54) is 0 Å². The zero-order chi connectivity index (χ0) is 9.84. The van der Waals surface area contributed by atoms with Crippen LogP contribution in [-0.4, -0.2) is 10.4 Å². The Hall–Kier alpha value is -0.180. The molecule has 1 rings (SSSR count). The minimum Gasteiger partial charge on any atom is -0.392 e. The highest BCUT2D eigenvalue weighted by Gasteiger charge is 2.02. The van der Waals surface area contributed by atoms with Crippen molar-refractivity contribution in [3.8, 4) is 0 Å². The van der Waals surface area contributed by atoms with Crippen LogP contribution in [0.2, 0.25) is 5.02 Å². The molecule has 0 radical (unpaired) electrons. The van der Waals surface area contributed by atoms with Gasteiger partial charge in [-0.15, -0.1) is 11.8 Å². The van der Waals surface area contributed by atoms with Crippen molar-refractivity contribution in [3.05, 3.63) is 28.8 Å². The molecule has 3 heteroatoms. The highest BCUT2D eigenvalue weighted by Crippen LogP contribution is 2.27. The Labute approximate surface area is 88.1 Å². The molecule has 0 saturated heterocycles. The van der Waals surface area contributed by atoms with E-state index in [1.54, 1.807) is 11.8 Å². The van der Waals surface area contributed by atoms with Crippen molar-refractivity contribution >= 4 is 23.4 Å². The van der Waals surface area contributed by atoms with Gasteiger partial charge in [-0.2, -0.15) is 0 Å². The van der Waals surface area contributed by atoms with Crippen molar-refractivity contribution in [3.63, 3.8) is 0 Å². The average Bonchev–Trinajstić information content (AvgIpc) is 2.03. The molecular weight excluding hydrogens is 204 g/mol. The fourth-order valence-corrected chi connectivity index (χ4v) is 2.18. The highest BCUT2D eigenvalue weighted by atomic mass is 35.5. The zero-order valence-electron chi connectivity index (χ0n) is 7.75. The summed E-state index contributed by atoms with van der Waals surface area (Å²) in [6.07, 6.45) is 0. The smallest absolute Gasteiger partial charge is 0.0696 e. The maximum atomic E-state index is 8.90. The Balaban J connectivity index is 2.83. The van der Waals surface area contributed by atoms with Crippen molar-refractivity contribution in [2.75, 3.05) is 0 Å². The second-order valence-electron chi connectivity index (χ2n) is 3.08. The number of rotatable bonds is 3. The molecule has 0 unspecified atom stereocenters. The first-order valence-electron chi connectivity index (χ1n) is 4.19. The van der Waals surface area contributed by atoms with Crippen LogP contribution in [0.3, 0.4) is 0 Å². The standard InChI is InChI=1S/C10H13ClOS/c1-7(2)13-9-4-3-8(6-12)10(11)5-9/h3-5,7,12H,6H2,1-2H3. The topological polar surface area (TPSA) is 20.2 Å². The van der Waals surface area contributed by atoms with Crippen molar-refractivity contribution in [1.29, 1.82) is 0 Å². The summed E-state index contributed by atoms with van der Waals surface area (Å²) in [5.74, 6) is 0. The molecule has 0 saturated carbocycles. The van der Waals surface area contributed by atoms with Gasteiger partial charge >= 0.3 is 0 Å². The predicted octanol–water partition coefficient (Wildman–Crippen LogP) is 3.33.